The van der Waals surface area contributed by atoms with E-state index in [1.807, 2.05) is 0 Å². The first-order valence-corrected chi connectivity index (χ1v) is 2.78. The summed E-state index contributed by atoms with van der Waals surface area (Å²) in [7, 11) is 0. The van der Waals surface area contributed by atoms with Crippen LogP contribution in [0.4, 0.5) is 11.6 Å². The van der Waals surface area contributed by atoms with E-state index in [-0.39, 0.29) is 0 Å². The van der Waals surface area contributed by atoms with Crippen molar-refractivity contribution in [3.05, 3.63) is 21.9 Å². The summed E-state index contributed by atoms with van der Waals surface area (Å²) in [5.74, 6) is -2.10. The molecule has 0 unspecified atom stereocenters. The number of carboxylic acid groups (broad SMARTS) is 1. The number of furan rings is 1. The second-order valence-electron chi connectivity index (χ2n) is 1.93. The van der Waals surface area contributed by atoms with Crippen LogP contribution >= 0.6 is 0 Å². The molecule has 0 aliphatic rings. The Morgan fingerprint density at radius 1 is 1.75 bits per heavy atom. The molecule has 0 saturated heterocycles. The lowest BCUT2D eigenvalue weighted by Crippen LogP contribution is -2.00. The molecule has 7 heteroatoms. The van der Waals surface area contributed by atoms with E-state index in [4.69, 9.17) is 10.8 Å². The van der Waals surface area contributed by atoms with Crippen molar-refractivity contribution >= 4 is 17.5 Å². The Labute approximate surface area is 65.5 Å². The lowest BCUT2D eigenvalue weighted by molar-refractivity contribution is -0.401. The minimum absolute atomic E-state index is 0.401. The van der Waals surface area contributed by atoms with Gasteiger partial charge in [0.2, 0.25) is 0 Å². The number of aromatic carboxylic acids is 1. The largest absolute Gasteiger partial charge is 0.477 e. The van der Waals surface area contributed by atoms with Crippen molar-refractivity contribution in [2.45, 2.75) is 0 Å². The van der Waals surface area contributed by atoms with E-state index in [2.05, 4.69) is 4.42 Å². The summed E-state index contributed by atoms with van der Waals surface area (Å²) >= 11 is 0. The summed E-state index contributed by atoms with van der Waals surface area (Å²) in [4.78, 5) is 19.5. The standard InChI is InChI=1S/C5H4N2O5/c6-3-2(5(8)9)1-12-4(3)7(10)11/h1H,6H2,(H,8,9). The molecule has 12 heavy (non-hydrogen) atoms. The molecule has 1 heterocycles. The number of hydrogen-bond acceptors (Lipinski definition) is 5. The molecule has 1 rings (SSSR count). The zero-order valence-corrected chi connectivity index (χ0v) is 5.68. The van der Waals surface area contributed by atoms with E-state index >= 15 is 0 Å². The maximum atomic E-state index is 10.3. The molecule has 0 fully saturated rings. The molecule has 0 bridgehead atoms. The minimum Gasteiger partial charge on any atom is -0.477 e. The van der Waals surface area contributed by atoms with Gasteiger partial charge in [0.1, 0.15) is 16.7 Å². The van der Waals surface area contributed by atoms with Crippen molar-refractivity contribution in [1.29, 1.82) is 0 Å². The first kappa shape index (κ1) is 8.05. The van der Waals surface area contributed by atoms with Gasteiger partial charge in [-0.15, -0.1) is 0 Å². The van der Waals surface area contributed by atoms with E-state index in [1.165, 1.54) is 0 Å². The third-order valence-electron chi connectivity index (χ3n) is 1.21. The molecule has 3 N–H and O–H groups in total. The Kier molecular flexibility index (Phi) is 1.70. The molecule has 0 saturated carbocycles. The lowest BCUT2D eigenvalue weighted by Gasteiger charge is -1.86. The van der Waals surface area contributed by atoms with E-state index in [0.29, 0.717) is 0 Å². The highest BCUT2D eigenvalue weighted by molar-refractivity contribution is 5.95. The van der Waals surface area contributed by atoms with Gasteiger partial charge in [-0.25, -0.2) is 4.79 Å². The van der Waals surface area contributed by atoms with Crippen LogP contribution in [0, 0.1) is 10.1 Å². The summed E-state index contributed by atoms with van der Waals surface area (Å²) < 4.78 is 4.31. The summed E-state index contributed by atoms with van der Waals surface area (Å²) in [5.41, 5.74) is 4.22. The molecule has 0 amide bonds. The summed E-state index contributed by atoms with van der Waals surface area (Å²) in [6.07, 6.45) is 0.732. The van der Waals surface area contributed by atoms with Gasteiger partial charge in [-0.3, -0.25) is 10.1 Å². The van der Waals surface area contributed by atoms with Crippen molar-refractivity contribution in [3.8, 4) is 0 Å². The van der Waals surface area contributed by atoms with E-state index in [0.717, 1.165) is 6.26 Å². The predicted octanol–water partition coefficient (Wildman–Crippen LogP) is 0.468. The van der Waals surface area contributed by atoms with Crippen LogP contribution in [0.2, 0.25) is 0 Å². The number of carbonyl (C=O) groups is 1. The van der Waals surface area contributed by atoms with Crippen LogP contribution in [0.5, 0.6) is 0 Å². The number of nitrogens with two attached hydrogens (primary N) is 1. The molecule has 1 aromatic rings. The predicted molar refractivity (Wildman–Crippen MR) is 36.7 cm³/mol. The molecule has 7 nitrogen and oxygen atoms in total. The molecular formula is C5H4N2O5. The van der Waals surface area contributed by atoms with Crippen LogP contribution in [0.3, 0.4) is 0 Å². The zero-order valence-electron chi connectivity index (χ0n) is 5.68. The second-order valence-corrected chi connectivity index (χ2v) is 1.93. The quantitative estimate of drug-likeness (QED) is 0.494. The molecule has 0 aliphatic heterocycles. The third-order valence-corrected chi connectivity index (χ3v) is 1.21. The topological polar surface area (TPSA) is 120 Å². The van der Waals surface area contributed by atoms with E-state index in [9.17, 15) is 14.9 Å². The van der Waals surface area contributed by atoms with Crippen LogP contribution in [-0.2, 0) is 0 Å². The number of nitrogens with zero attached hydrogens (tertiary/aromatic N) is 1. The fraction of sp³-hybridized carbons (Fsp3) is 0. The monoisotopic (exact) mass is 172 g/mol. The normalized spacial score (nSPS) is 9.67. The van der Waals surface area contributed by atoms with Crippen LogP contribution in [0.1, 0.15) is 10.4 Å². The molecule has 64 valence electrons. The zero-order chi connectivity index (χ0) is 9.30. The fourth-order valence-corrected chi connectivity index (χ4v) is 0.664. The average molecular weight is 172 g/mol. The SMILES string of the molecule is Nc1c(C(=O)O)coc1[N+](=O)[O-]. The Bertz CT molecular complexity index is 310. The third kappa shape index (κ3) is 1.07. The second kappa shape index (κ2) is 2.53. The molecular weight excluding hydrogens is 168 g/mol. The van der Waals surface area contributed by atoms with Gasteiger partial charge in [-0.05, 0) is 0 Å². The van der Waals surface area contributed by atoms with Crippen molar-refractivity contribution in [2.24, 2.45) is 0 Å². The van der Waals surface area contributed by atoms with Gasteiger partial charge in [0, 0.05) is 0 Å². The van der Waals surface area contributed by atoms with Crippen LogP contribution in [0.15, 0.2) is 10.7 Å². The van der Waals surface area contributed by atoms with Crippen molar-refractivity contribution in [1.82, 2.24) is 0 Å². The average Bonchev–Trinajstić information content (AvgIpc) is 2.30. The van der Waals surface area contributed by atoms with Gasteiger partial charge in [-0.2, -0.15) is 0 Å². The fourth-order valence-electron chi connectivity index (χ4n) is 0.664. The summed E-state index contributed by atoms with van der Waals surface area (Å²) in [5, 5.41) is 18.5. The maximum Gasteiger partial charge on any atom is 0.457 e. The highest BCUT2D eigenvalue weighted by Crippen LogP contribution is 2.26. The number of hydrogen-bond donors (Lipinski definition) is 2. The van der Waals surface area contributed by atoms with Crippen LogP contribution < -0.4 is 5.73 Å². The van der Waals surface area contributed by atoms with Crippen molar-refractivity contribution in [3.63, 3.8) is 0 Å². The van der Waals surface area contributed by atoms with Gasteiger partial charge < -0.3 is 15.3 Å². The van der Waals surface area contributed by atoms with E-state index in [1.54, 1.807) is 0 Å². The molecule has 0 atom stereocenters. The first-order valence-electron chi connectivity index (χ1n) is 2.78. The van der Waals surface area contributed by atoms with Gasteiger partial charge in [0.05, 0.1) is 0 Å². The number of carboxylic acids is 1. The van der Waals surface area contributed by atoms with Crippen LogP contribution in [0.25, 0.3) is 0 Å². The highest BCUT2D eigenvalue weighted by atomic mass is 16.6. The molecule has 1 aromatic heterocycles. The van der Waals surface area contributed by atoms with Gasteiger partial charge >= 0.3 is 11.9 Å². The summed E-state index contributed by atoms with van der Waals surface area (Å²) in [6.45, 7) is 0. The number of nitrogen functional groups attached to an aromatic ring is 1. The Hall–Kier alpha value is -2.05. The van der Waals surface area contributed by atoms with Crippen LogP contribution in [-0.4, -0.2) is 16.0 Å². The summed E-state index contributed by atoms with van der Waals surface area (Å²) in [6, 6.07) is 0. The number of anilines is 1. The molecule has 0 spiro atoms. The Morgan fingerprint density at radius 2 is 2.33 bits per heavy atom. The van der Waals surface area contributed by atoms with Gasteiger partial charge in [0.15, 0.2) is 5.69 Å². The Morgan fingerprint density at radius 3 is 2.58 bits per heavy atom. The smallest absolute Gasteiger partial charge is 0.457 e. The van der Waals surface area contributed by atoms with Gasteiger partial charge in [-0.1, -0.05) is 0 Å². The van der Waals surface area contributed by atoms with Gasteiger partial charge in [0.25, 0.3) is 0 Å². The lowest BCUT2D eigenvalue weighted by atomic mass is 10.3. The number of rotatable bonds is 2. The molecule has 0 aromatic carbocycles. The molecule has 0 aliphatic carbocycles. The highest BCUT2D eigenvalue weighted by Gasteiger charge is 2.24. The number of nitro groups is 1. The molecule has 0 radical (unpaired) electrons. The maximum absolute atomic E-state index is 10.3. The van der Waals surface area contributed by atoms with Crippen molar-refractivity contribution < 1.29 is 19.2 Å². The minimum atomic E-state index is -1.36. The first-order chi connectivity index (χ1) is 5.54. The van der Waals surface area contributed by atoms with E-state index < -0.39 is 28.0 Å². The Balaban J connectivity index is 3.22. The van der Waals surface area contributed by atoms with Crippen molar-refractivity contribution in [2.75, 3.05) is 5.73 Å².